The number of rotatable bonds is 6. The van der Waals surface area contributed by atoms with Crippen LogP contribution in [0.15, 0.2) is 0 Å². The van der Waals surface area contributed by atoms with Crippen LogP contribution < -0.4 is 16.0 Å². The summed E-state index contributed by atoms with van der Waals surface area (Å²) in [7, 11) is 0. The summed E-state index contributed by atoms with van der Waals surface area (Å²) in [5.74, 6) is 0.332. The lowest BCUT2D eigenvalue weighted by molar-refractivity contribution is -0.131. The maximum Gasteiger partial charge on any atom is 0.243 e. The fourth-order valence-corrected chi connectivity index (χ4v) is 3.60. The molecule has 2 saturated heterocycles. The van der Waals surface area contributed by atoms with Crippen molar-refractivity contribution < 1.29 is 9.59 Å². The van der Waals surface area contributed by atoms with Gasteiger partial charge in [-0.05, 0) is 37.5 Å². The van der Waals surface area contributed by atoms with Crippen molar-refractivity contribution in [3.8, 4) is 0 Å². The van der Waals surface area contributed by atoms with Crippen molar-refractivity contribution in [2.75, 3.05) is 0 Å². The minimum Gasteiger partial charge on any atom is -0.351 e. The van der Waals surface area contributed by atoms with Crippen LogP contribution in [0.4, 0.5) is 0 Å². The summed E-state index contributed by atoms with van der Waals surface area (Å²) in [4.78, 5) is 24.5. The monoisotopic (exact) mass is 345 g/mol. The second-order valence-electron chi connectivity index (χ2n) is 7.70. The summed E-state index contributed by atoms with van der Waals surface area (Å²) in [5.41, 5.74) is 0. The first-order chi connectivity index (χ1) is 10.3. The van der Waals surface area contributed by atoms with Crippen molar-refractivity contribution in [1.29, 1.82) is 0 Å². The Balaban J connectivity index is 0.00000264. The summed E-state index contributed by atoms with van der Waals surface area (Å²) in [5, 5.41) is 9.65. The smallest absolute Gasteiger partial charge is 0.243 e. The Labute approximate surface area is 146 Å². The van der Waals surface area contributed by atoms with E-state index in [1.807, 2.05) is 27.7 Å². The van der Waals surface area contributed by atoms with E-state index < -0.39 is 6.04 Å². The highest BCUT2D eigenvalue weighted by atomic mass is 35.5. The molecule has 3 N–H and O–H groups in total. The number of nitrogens with one attached hydrogen (secondary N) is 3. The summed E-state index contributed by atoms with van der Waals surface area (Å²) < 4.78 is 0. The van der Waals surface area contributed by atoms with Crippen molar-refractivity contribution in [3.05, 3.63) is 0 Å². The molecule has 134 valence electrons. The van der Waals surface area contributed by atoms with E-state index in [0.717, 1.165) is 12.8 Å². The van der Waals surface area contributed by atoms with Gasteiger partial charge in [-0.2, -0.15) is 0 Å². The molecule has 2 heterocycles. The van der Waals surface area contributed by atoms with Crippen molar-refractivity contribution in [1.82, 2.24) is 16.0 Å². The Hall–Kier alpha value is -0.810. The van der Waals surface area contributed by atoms with Gasteiger partial charge in [0.2, 0.25) is 11.8 Å². The molecule has 5 nitrogen and oxygen atoms in total. The van der Waals surface area contributed by atoms with Crippen LogP contribution in [0.5, 0.6) is 0 Å². The summed E-state index contributed by atoms with van der Waals surface area (Å²) in [6, 6.07) is 0.919. The van der Waals surface area contributed by atoms with E-state index in [-0.39, 0.29) is 36.2 Å². The first kappa shape index (κ1) is 20.2. The van der Waals surface area contributed by atoms with Gasteiger partial charge in [-0.15, -0.1) is 12.4 Å². The van der Waals surface area contributed by atoms with Crippen molar-refractivity contribution >= 4 is 24.2 Å². The highest BCUT2D eigenvalue weighted by molar-refractivity contribution is 5.88. The Kier molecular flexibility index (Phi) is 7.81. The number of carbonyl (C=O) groups excluding carboxylic acids is 2. The minimum atomic E-state index is -0.432. The first-order valence-electron chi connectivity index (χ1n) is 8.71. The van der Waals surface area contributed by atoms with Crippen LogP contribution in [0, 0.1) is 11.8 Å². The number of hydrogen-bond acceptors (Lipinski definition) is 3. The Bertz CT molecular complexity index is 403. The molecule has 3 atom stereocenters. The van der Waals surface area contributed by atoms with Crippen molar-refractivity contribution in [3.63, 3.8) is 0 Å². The van der Waals surface area contributed by atoms with E-state index in [4.69, 9.17) is 0 Å². The maximum atomic E-state index is 12.6. The van der Waals surface area contributed by atoms with Gasteiger partial charge in [0.1, 0.15) is 6.04 Å². The molecular formula is C17H32ClN3O2. The molecule has 2 fully saturated rings. The van der Waals surface area contributed by atoms with Crippen LogP contribution in [0.1, 0.15) is 59.8 Å². The Morgan fingerprint density at radius 1 is 1.09 bits per heavy atom. The molecule has 0 aromatic heterocycles. The summed E-state index contributed by atoms with van der Waals surface area (Å²) in [6.45, 7) is 7.97. The van der Waals surface area contributed by atoms with Gasteiger partial charge in [0.05, 0.1) is 0 Å². The number of hydrogen-bond donors (Lipinski definition) is 3. The van der Waals surface area contributed by atoms with Gasteiger partial charge in [0.25, 0.3) is 0 Å². The number of amides is 2. The molecule has 2 aliphatic heterocycles. The van der Waals surface area contributed by atoms with Crippen molar-refractivity contribution in [2.45, 2.75) is 84.0 Å². The van der Waals surface area contributed by atoms with Crippen LogP contribution in [0.3, 0.4) is 0 Å². The fraction of sp³-hybridized carbons (Fsp3) is 0.882. The third-order valence-corrected chi connectivity index (χ3v) is 4.68. The molecule has 0 radical (unpaired) electrons. The van der Waals surface area contributed by atoms with E-state index in [9.17, 15) is 9.59 Å². The summed E-state index contributed by atoms with van der Waals surface area (Å²) >= 11 is 0. The molecule has 0 saturated carbocycles. The Morgan fingerprint density at radius 3 is 2.13 bits per heavy atom. The van der Waals surface area contributed by atoms with E-state index >= 15 is 0 Å². The van der Waals surface area contributed by atoms with E-state index in [2.05, 4.69) is 16.0 Å². The molecule has 2 amide bonds. The van der Waals surface area contributed by atoms with Gasteiger partial charge < -0.3 is 16.0 Å². The van der Waals surface area contributed by atoms with Crippen LogP contribution in [-0.4, -0.2) is 36.0 Å². The predicted octanol–water partition coefficient (Wildman–Crippen LogP) is 1.99. The minimum absolute atomic E-state index is 0. The molecule has 2 rings (SSSR count). The number of fused-ring (bicyclic) bond motifs is 2. The Morgan fingerprint density at radius 2 is 1.65 bits per heavy atom. The van der Waals surface area contributed by atoms with Gasteiger partial charge >= 0.3 is 0 Å². The van der Waals surface area contributed by atoms with E-state index in [1.165, 1.54) is 12.8 Å². The molecule has 2 aliphatic rings. The quantitative estimate of drug-likeness (QED) is 0.689. The molecule has 23 heavy (non-hydrogen) atoms. The lowest BCUT2D eigenvalue weighted by Crippen LogP contribution is -2.55. The average Bonchev–Trinajstić information content (AvgIpc) is 2.74. The summed E-state index contributed by atoms with van der Waals surface area (Å²) in [6.07, 6.45) is 4.92. The average molecular weight is 346 g/mol. The van der Waals surface area contributed by atoms with Gasteiger partial charge in [0.15, 0.2) is 0 Å². The van der Waals surface area contributed by atoms with Gasteiger partial charge in [-0.1, -0.05) is 27.7 Å². The van der Waals surface area contributed by atoms with Gasteiger partial charge in [-0.25, -0.2) is 0 Å². The first-order valence-corrected chi connectivity index (χ1v) is 8.71. The second kappa shape index (κ2) is 8.88. The zero-order valence-electron chi connectivity index (χ0n) is 14.7. The van der Waals surface area contributed by atoms with Crippen LogP contribution in [-0.2, 0) is 9.59 Å². The molecule has 0 aromatic carbocycles. The molecule has 0 aromatic rings. The molecule has 0 spiro atoms. The van der Waals surface area contributed by atoms with Gasteiger partial charge in [0, 0.05) is 24.5 Å². The van der Waals surface area contributed by atoms with Crippen LogP contribution >= 0.6 is 12.4 Å². The topological polar surface area (TPSA) is 70.2 Å². The predicted molar refractivity (Wildman–Crippen MR) is 94.6 cm³/mol. The van der Waals surface area contributed by atoms with Crippen molar-refractivity contribution in [2.24, 2.45) is 11.8 Å². The molecule has 3 unspecified atom stereocenters. The molecule has 6 heteroatoms. The normalized spacial score (nSPS) is 27.5. The van der Waals surface area contributed by atoms with E-state index in [1.54, 1.807) is 0 Å². The maximum absolute atomic E-state index is 12.6. The third kappa shape index (κ3) is 5.96. The highest BCUT2D eigenvalue weighted by Crippen LogP contribution is 2.26. The standard InChI is InChI=1S/C17H31N3O2.ClH/c1-10(2)7-15(21)20-16(11(3)4)17(22)19-14-8-12-5-6-13(9-14)18-12;/h10-14,16,18H,5-9H2,1-4H3,(H,19,22)(H,20,21);1H. The van der Waals surface area contributed by atoms with Crippen LogP contribution in [0.25, 0.3) is 0 Å². The lowest BCUT2D eigenvalue weighted by Gasteiger charge is -2.31. The number of piperidine rings is 1. The van der Waals surface area contributed by atoms with Gasteiger partial charge in [-0.3, -0.25) is 9.59 Å². The van der Waals surface area contributed by atoms with E-state index in [0.29, 0.717) is 24.4 Å². The molecule has 2 bridgehead atoms. The third-order valence-electron chi connectivity index (χ3n) is 4.68. The second-order valence-corrected chi connectivity index (χ2v) is 7.70. The molecule has 0 aliphatic carbocycles. The fourth-order valence-electron chi connectivity index (χ4n) is 3.60. The number of carbonyl (C=O) groups is 2. The number of halogens is 1. The zero-order chi connectivity index (χ0) is 16.3. The SMILES string of the molecule is CC(C)CC(=O)NC(C(=O)NC1CC2CCC(C1)N2)C(C)C.Cl. The highest BCUT2D eigenvalue weighted by Gasteiger charge is 2.35. The molecular weight excluding hydrogens is 314 g/mol. The zero-order valence-corrected chi connectivity index (χ0v) is 15.5. The largest absolute Gasteiger partial charge is 0.351 e. The lowest BCUT2D eigenvalue weighted by atomic mass is 9.97. The van der Waals surface area contributed by atoms with Crippen LogP contribution in [0.2, 0.25) is 0 Å².